The van der Waals surface area contributed by atoms with E-state index in [9.17, 15) is 0 Å². The summed E-state index contributed by atoms with van der Waals surface area (Å²) in [4.78, 5) is 2.68. The molecule has 2 aromatic rings. The van der Waals surface area contributed by atoms with Crippen LogP contribution in [0.2, 0.25) is 0 Å². The zero-order valence-corrected chi connectivity index (χ0v) is 11.8. The van der Waals surface area contributed by atoms with Crippen LogP contribution in [0.15, 0.2) is 58.3 Å². The number of benzene rings is 2. The van der Waals surface area contributed by atoms with Crippen LogP contribution in [-0.2, 0) is 0 Å². The quantitative estimate of drug-likeness (QED) is 0.751. The van der Waals surface area contributed by atoms with Crippen molar-refractivity contribution in [2.45, 2.75) is 23.1 Å². The molecule has 2 heteroatoms. The lowest BCUT2D eigenvalue weighted by Crippen LogP contribution is -2.01. The summed E-state index contributed by atoms with van der Waals surface area (Å²) >= 11 is 1.86. The van der Waals surface area contributed by atoms with E-state index in [1.807, 2.05) is 11.8 Å². The zero-order valence-electron chi connectivity index (χ0n) is 11.0. The van der Waals surface area contributed by atoms with Crippen LogP contribution in [-0.4, -0.2) is 6.54 Å². The van der Waals surface area contributed by atoms with Crippen molar-refractivity contribution >= 4 is 17.3 Å². The maximum Gasteiger partial charge on any atom is 0.0201 e. The summed E-state index contributed by atoms with van der Waals surface area (Å²) in [6, 6.07) is 15.3. The van der Waals surface area contributed by atoms with Gasteiger partial charge in [-0.25, -0.2) is 0 Å². The number of aryl methyl sites for hydroxylation is 1. The Balaban J connectivity index is 2.19. The Morgan fingerprint density at radius 3 is 2.68 bits per heavy atom. The van der Waals surface area contributed by atoms with Crippen LogP contribution in [0.25, 0.3) is 5.57 Å². The molecule has 2 aromatic carbocycles. The van der Waals surface area contributed by atoms with Crippen molar-refractivity contribution in [2.24, 2.45) is 5.73 Å². The molecule has 0 saturated heterocycles. The molecule has 0 atom stereocenters. The van der Waals surface area contributed by atoms with E-state index in [-0.39, 0.29) is 0 Å². The summed E-state index contributed by atoms with van der Waals surface area (Å²) in [5.41, 5.74) is 11.0. The van der Waals surface area contributed by atoms with E-state index in [2.05, 4.69) is 55.5 Å². The number of rotatable bonds is 2. The Hall–Kier alpha value is -1.51. The zero-order chi connectivity index (χ0) is 13.2. The molecule has 2 N–H and O–H groups in total. The fourth-order valence-electron chi connectivity index (χ4n) is 2.43. The van der Waals surface area contributed by atoms with Gasteiger partial charge in [-0.1, -0.05) is 53.7 Å². The van der Waals surface area contributed by atoms with Gasteiger partial charge in [0.15, 0.2) is 0 Å². The molecule has 0 unspecified atom stereocenters. The van der Waals surface area contributed by atoms with Gasteiger partial charge in [0.25, 0.3) is 0 Å². The topological polar surface area (TPSA) is 26.0 Å². The van der Waals surface area contributed by atoms with Crippen LogP contribution in [0.5, 0.6) is 0 Å². The summed E-state index contributed by atoms with van der Waals surface area (Å²) in [7, 11) is 0. The van der Waals surface area contributed by atoms with Crippen molar-refractivity contribution in [3.8, 4) is 0 Å². The van der Waals surface area contributed by atoms with E-state index >= 15 is 0 Å². The monoisotopic (exact) mass is 267 g/mol. The summed E-state index contributed by atoms with van der Waals surface area (Å²) in [5, 5.41) is 0. The molecule has 1 heterocycles. The number of nitrogens with two attached hydrogens (primary N) is 1. The maximum absolute atomic E-state index is 5.67. The first-order valence-corrected chi connectivity index (χ1v) is 7.40. The summed E-state index contributed by atoms with van der Waals surface area (Å²) in [6.07, 6.45) is 3.19. The third-order valence-electron chi connectivity index (χ3n) is 3.34. The van der Waals surface area contributed by atoms with Crippen molar-refractivity contribution in [3.63, 3.8) is 0 Å². The minimum Gasteiger partial charge on any atom is -0.330 e. The van der Waals surface area contributed by atoms with E-state index < -0.39 is 0 Å². The highest BCUT2D eigenvalue weighted by Gasteiger charge is 2.19. The second kappa shape index (κ2) is 5.24. The molecule has 96 valence electrons. The van der Waals surface area contributed by atoms with Gasteiger partial charge in [0.1, 0.15) is 0 Å². The van der Waals surface area contributed by atoms with Crippen LogP contribution in [0.4, 0.5) is 0 Å². The van der Waals surface area contributed by atoms with Gasteiger partial charge >= 0.3 is 0 Å². The van der Waals surface area contributed by atoms with Crippen molar-refractivity contribution in [3.05, 3.63) is 65.2 Å². The summed E-state index contributed by atoms with van der Waals surface area (Å²) in [6.45, 7) is 2.84. The van der Waals surface area contributed by atoms with Crippen LogP contribution in [0.1, 0.15) is 23.1 Å². The van der Waals surface area contributed by atoms with Gasteiger partial charge in [0.05, 0.1) is 0 Å². The van der Waals surface area contributed by atoms with Gasteiger partial charge in [-0.3, -0.25) is 0 Å². The first-order valence-electron chi connectivity index (χ1n) is 6.58. The predicted octanol–water partition coefficient (Wildman–Crippen LogP) is 4.24. The third-order valence-corrected chi connectivity index (χ3v) is 4.49. The van der Waals surface area contributed by atoms with E-state index in [0.29, 0.717) is 6.54 Å². The molecule has 1 nitrogen and oxygen atoms in total. The Morgan fingerprint density at radius 2 is 1.84 bits per heavy atom. The Morgan fingerprint density at radius 1 is 1.05 bits per heavy atom. The minimum absolute atomic E-state index is 0.694. The van der Waals surface area contributed by atoms with Gasteiger partial charge in [0.2, 0.25) is 0 Å². The van der Waals surface area contributed by atoms with Crippen LogP contribution < -0.4 is 5.73 Å². The van der Waals surface area contributed by atoms with Gasteiger partial charge in [-0.2, -0.15) is 0 Å². The fourth-order valence-corrected chi connectivity index (χ4v) is 3.52. The molecule has 0 saturated carbocycles. The minimum atomic E-state index is 0.694. The van der Waals surface area contributed by atoms with Gasteiger partial charge in [0, 0.05) is 9.79 Å². The van der Waals surface area contributed by atoms with E-state index in [1.54, 1.807) is 0 Å². The molecule has 0 radical (unpaired) electrons. The lowest BCUT2D eigenvalue weighted by Gasteiger charge is -2.22. The molecule has 1 aliphatic heterocycles. The van der Waals surface area contributed by atoms with Crippen LogP contribution in [0.3, 0.4) is 0 Å². The molecule has 1 aliphatic rings. The van der Waals surface area contributed by atoms with E-state index in [1.165, 1.54) is 32.1 Å². The van der Waals surface area contributed by atoms with Crippen molar-refractivity contribution in [1.82, 2.24) is 0 Å². The van der Waals surface area contributed by atoms with Gasteiger partial charge in [-0.15, -0.1) is 0 Å². The van der Waals surface area contributed by atoms with Gasteiger partial charge in [-0.05, 0) is 48.7 Å². The SMILES string of the molecule is Cc1ccc2c(c1)C(=CCCN)c1ccccc1S2. The standard InChI is InChI=1S/C17H17NS/c1-12-8-9-17-15(11-12)13(6-4-10-18)14-5-2-3-7-16(14)19-17/h2-3,5-9,11H,4,10,18H2,1H3. The van der Waals surface area contributed by atoms with E-state index in [0.717, 1.165) is 6.42 Å². The number of fused-ring (bicyclic) bond motifs is 2. The van der Waals surface area contributed by atoms with Gasteiger partial charge < -0.3 is 5.73 Å². The Kier molecular flexibility index (Phi) is 3.45. The molecule has 0 amide bonds. The largest absolute Gasteiger partial charge is 0.330 e. The Labute approximate surface area is 118 Å². The highest BCUT2D eigenvalue weighted by Crippen LogP contribution is 2.45. The molecule has 19 heavy (non-hydrogen) atoms. The molecular weight excluding hydrogens is 250 g/mol. The summed E-state index contributed by atoms with van der Waals surface area (Å²) in [5.74, 6) is 0. The molecule has 0 fully saturated rings. The smallest absolute Gasteiger partial charge is 0.0201 e. The predicted molar refractivity (Wildman–Crippen MR) is 82.5 cm³/mol. The lowest BCUT2D eigenvalue weighted by atomic mass is 9.95. The molecular formula is C17H17NS. The second-order valence-corrected chi connectivity index (χ2v) is 5.88. The van der Waals surface area contributed by atoms with Crippen LogP contribution in [0, 0.1) is 6.92 Å². The first-order chi connectivity index (χ1) is 9.29. The molecule has 0 spiro atoms. The van der Waals surface area contributed by atoms with Crippen LogP contribution >= 0.6 is 11.8 Å². The summed E-state index contributed by atoms with van der Waals surface area (Å²) < 4.78 is 0. The average molecular weight is 267 g/mol. The molecule has 3 rings (SSSR count). The average Bonchev–Trinajstić information content (AvgIpc) is 2.44. The van der Waals surface area contributed by atoms with Crippen molar-refractivity contribution < 1.29 is 0 Å². The van der Waals surface area contributed by atoms with Crippen molar-refractivity contribution in [2.75, 3.05) is 6.54 Å². The highest BCUT2D eigenvalue weighted by molar-refractivity contribution is 7.99. The second-order valence-electron chi connectivity index (χ2n) is 4.79. The molecule has 0 aromatic heterocycles. The third kappa shape index (κ3) is 2.34. The normalized spacial score (nSPS) is 15.2. The number of hydrogen-bond acceptors (Lipinski definition) is 2. The number of hydrogen-bond donors (Lipinski definition) is 1. The molecule has 0 bridgehead atoms. The Bertz CT molecular complexity index is 643. The van der Waals surface area contributed by atoms with E-state index in [4.69, 9.17) is 5.73 Å². The maximum atomic E-state index is 5.67. The van der Waals surface area contributed by atoms with Crippen molar-refractivity contribution in [1.29, 1.82) is 0 Å². The first kappa shape index (κ1) is 12.5. The lowest BCUT2D eigenvalue weighted by molar-refractivity contribution is 1.01. The molecule has 0 aliphatic carbocycles. The fraction of sp³-hybridized carbons (Fsp3) is 0.176. The highest BCUT2D eigenvalue weighted by atomic mass is 32.2.